The summed E-state index contributed by atoms with van der Waals surface area (Å²) in [6, 6.07) is 13.2. The maximum absolute atomic E-state index is 12.9. The molecule has 7 nitrogen and oxygen atoms in total. The minimum Gasteiger partial charge on any atom is -0.454 e. The minimum atomic E-state index is -0.254. The topological polar surface area (TPSA) is 77.1 Å². The first kappa shape index (κ1) is 21.4. The Morgan fingerprint density at radius 1 is 1.13 bits per heavy atom. The standard InChI is InChI=1S/C23H26N2O5/c1-3-22(26)24-19-8-4-17(5-9-19)7-11-23(27)25(12-13-28-2)15-18-6-10-20-21(14-18)30-16-29-20/h3-6,8-10,14H,1,7,11-13,15-16H2,2H3,(H,24,26). The fourth-order valence-electron chi connectivity index (χ4n) is 3.11. The number of carbonyl (C=O) groups excluding carboxylic acids is 2. The number of methoxy groups -OCH3 is 1. The fourth-order valence-corrected chi connectivity index (χ4v) is 3.11. The van der Waals surface area contributed by atoms with Gasteiger partial charge in [-0.05, 0) is 47.9 Å². The highest BCUT2D eigenvalue weighted by Crippen LogP contribution is 2.32. The van der Waals surface area contributed by atoms with E-state index in [2.05, 4.69) is 11.9 Å². The Balaban J connectivity index is 1.58. The normalized spacial score (nSPS) is 11.8. The molecular formula is C23H26N2O5. The molecule has 0 aliphatic carbocycles. The summed E-state index contributed by atoms with van der Waals surface area (Å²) in [5.41, 5.74) is 2.69. The smallest absolute Gasteiger partial charge is 0.247 e. The number of amides is 2. The van der Waals surface area contributed by atoms with Gasteiger partial charge in [0.2, 0.25) is 18.6 Å². The van der Waals surface area contributed by atoms with Gasteiger partial charge in [0.1, 0.15) is 0 Å². The number of benzene rings is 2. The molecule has 1 N–H and O–H groups in total. The molecule has 0 saturated heterocycles. The molecule has 1 aliphatic heterocycles. The number of nitrogens with zero attached hydrogens (tertiary/aromatic N) is 1. The van der Waals surface area contributed by atoms with E-state index in [4.69, 9.17) is 14.2 Å². The second-order valence-corrected chi connectivity index (χ2v) is 6.89. The van der Waals surface area contributed by atoms with E-state index < -0.39 is 0 Å². The molecule has 0 fully saturated rings. The number of nitrogens with one attached hydrogen (secondary N) is 1. The van der Waals surface area contributed by atoms with Crippen LogP contribution in [0.3, 0.4) is 0 Å². The van der Waals surface area contributed by atoms with Gasteiger partial charge in [-0.2, -0.15) is 0 Å². The molecular weight excluding hydrogens is 384 g/mol. The Morgan fingerprint density at radius 2 is 1.87 bits per heavy atom. The second kappa shape index (κ2) is 10.5. The van der Waals surface area contributed by atoms with Crippen LogP contribution >= 0.6 is 0 Å². The van der Waals surface area contributed by atoms with Crippen LogP contribution < -0.4 is 14.8 Å². The monoisotopic (exact) mass is 410 g/mol. The molecule has 0 unspecified atom stereocenters. The van der Waals surface area contributed by atoms with E-state index >= 15 is 0 Å². The number of fused-ring (bicyclic) bond motifs is 1. The van der Waals surface area contributed by atoms with Crippen LogP contribution in [0.4, 0.5) is 5.69 Å². The lowest BCUT2D eigenvalue weighted by Crippen LogP contribution is -2.33. The summed E-state index contributed by atoms with van der Waals surface area (Å²) in [6.45, 7) is 5.11. The van der Waals surface area contributed by atoms with Crippen LogP contribution in [-0.2, 0) is 27.3 Å². The van der Waals surface area contributed by atoms with Crippen LogP contribution in [-0.4, -0.2) is 43.8 Å². The lowest BCUT2D eigenvalue weighted by molar-refractivity contribution is -0.132. The van der Waals surface area contributed by atoms with Crippen molar-refractivity contribution in [2.24, 2.45) is 0 Å². The fraction of sp³-hybridized carbons (Fsp3) is 0.304. The first-order valence-corrected chi connectivity index (χ1v) is 9.76. The number of ether oxygens (including phenoxy) is 3. The second-order valence-electron chi connectivity index (χ2n) is 6.89. The van der Waals surface area contributed by atoms with E-state index in [9.17, 15) is 9.59 Å². The zero-order valence-electron chi connectivity index (χ0n) is 17.1. The largest absolute Gasteiger partial charge is 0.454 e. The highest BCUT2D eigenvalue weighted by atomic mass is 16.7. The van der Waals surface area contributed by atoms with Crippen molar-refractivity contribution in [3.8, 4) is 11.5 Å². The zero-order chi connectivity index (χ0) is 21.3. The number of hydrogen-bond acceptors (Lipinski definition) is 5. The van der Waals surface area contributed by atoms with E-state index in [1.54, 1.807) is 12.0 Å². The third kappa shape index (κ3) is 5.84. The molecule has 1 aliphatic rings. The van der Waals surface area contributed by atoms with Gasteiger partial charge in [-0.3, -0.25) is 9.59 Å². The molecule has 0 aromatic heterocycles. The summed E-state index contributed by atoms with van der Waals surface area (Å²) in [6.07, 6.45) is 2.22. The van der Waals surface area contributed by atoms with Gasteiger partial charge < -0.3 is 24.4 Å². The summed E-state index contributed by atoms with van der Waals surface area (Å²) in [5, 5.41) is 2.70. The zero-order valence-corrected chi connectivity index (χ0v) is 17.1. The van der Waals surface area contributed by atoms with Gasteiger partial charge in [-0.1, -0.05) is 24.8 Å². The molecule has 0 saturated carbocycles. The van der Waals surface area contributed by atoms with Crippen molar-refractivity contribution in [2.75, 3.05) is 32.4 Å². The maximum Gasteiger partial charge on any atom is 0.247 e. The van der Waals surface area contributed by atoms with Crippen molar-refractivity contribution in [3.05, 3.63) is 66.2 Å². The van der Waals surface area contributed by atoms with E-state index in [0.717, 1.165) is 16.9 Å². The molecule has 158 valence electrons. The first-order chi connectivity index (χ1) is 14.6. The first-order valence-electron chi connectivity index (χ1n) is 9.76. The Kier molecular flexibility index (Phi) is 7.45. The third-order valence-electron chi connectivity index (χ3n) is 4.76. The number of carbonyl (C=O) groups is 2. The van der Waals surface area contributed by atoms with E-state index in [-0.39, 0.29) is 18.6 Å². The molecule has 0 spiro atoms. The van der Waals surface area contributed by atoms with Gasteiger partial charge in [0.25, 0.3) is 0 Å². The van der Waals surface area contributed by atoms with Crippen molar-refractivity contribution < 1.29 is 23.8 Å². The lowest BCUT2D eigenvalue weighted by Gasteiger charge is -2.23. The van der Waals surface area contributed by atoms with Crippen LogP contribution in [0, 0.1) is 0 Å². The van der Waals surface area contributed by atoms with Crippen molar-refractivity contribution in [2.45, 2.75) is 19.4 Å². The van der Waals surface area contributed by atoms with Gasteiger partial charge in [0.15, 0.2) is 11.5 Å². The van der Waals surface area contributed by atoms with Crippen molar-refractivity contribution in [3.63, 3.8) is 0 Å². The Bertz CT molecular complexity index is 895. The number of aryl methyl sites for hydroxylation is 1. The van der Waals surface area contributed by atoms with Gasteiger partial charge in [-0.25, -0.2) is 0 Å². The van der Waals surface area contributed by atoms with Crippen LogP contribution in [0.15, 0.2) is 55.1 Å². The Labute approximate surface area is 176 Å². The predicted molar refractivity (Wildman–Crippen MR) is 113 cm³/mol. The van der Waals surface area contributed by atoms with E-state index in [1.807, 2.05) is 42.5 Å². The number of anilines is 1. The van der Waals surface area contributed by atoms with Gasteiger partial charge in [-0.15, -0.1) is 0 Å². The van der Waals surface area contributed by atoms with Crippen molar-refractivity contribution in [1.82, 2.24) is 4.90 Å². The highest BCUT2D eigenvalue weighted by Gasteiger charge is 2.17. The summed E-state index contributed by atoms with van der Waals surface area (Å²) < 4.78 is 15.9. The van der Waals surface area contributed by atoms with Gasteiger partial charge >= 0.3 is 0 Å². The van der Waals surface area contributed by atoms with Gasteiger partial charge in [0.05, 0.1) is 6.61 Å². The summed E-state index contributed by atoms with van der Waals surface area (Å²) >= 11 is 0. The van der Waals surface area contributed by atoms with Crippen LogP contribution in [0.5, 0.6) is 11.5 Å². The van der Waals surface area contributed by atoms with E-state index in [1.165, 1.54) is 6.08 Å². The summed E-state index contributed by atoms with van der Waals surface area (Å²) in [5.74, 6) is 1.22. The highest BCUT2D eigenvalue weighted by molar-refractivity contribution is 5.98. The van der Waals surface area contributed by atoms with Crippen LogP contribution in [0.1, 0.15) is 17.5 Å². The van der Waals surface area contributed by atoms with Crippen molar-refractivity contribution >= 4 is 17.5 Å². The van der Waals surface area contributed by atoms with Crippen LogP contribution in [0.25, 0.3) is 0 Å². The summed E-state index contributed by atoms with van der Waals surface area (Å²) in [4.78, 5) is 26.0. The molecule has 1 heterocycles. The predicted octanol–water partition coefficient (Wildman–Crippen LogP) is 3.15. The minimum absolute atomic E-state index is 0.0498. The molecule has 7 heteroatoms. The molecule has 30 heavy (non-hydrogen) atoms. The molecule has 2 aromatic carbocycles. The Morgan fingerprint density at radius 3 is 2.60 bits per heavy atom. The number of rotatable bonds is 10. The average molecular weight is 410 g/mol. The molecule has 0 radical (unpaired) electrons. The molecule has 2 amide bonds. The average Bonchev–Trinajstić information content (AvgIpc) is 3.23. The lowest BCUT2D eigenvalue weighted by atomic mass is 10.1. The van der Waals surface area contributed by atoms with Crippen LogP contribution in [0.2, 0.25) is 0 Å². The van der Waals surface area contributed by atoms with Gasteiger partial charge in [0, 0.05) is 32.3 Å². The molecule has 0 atom stereocenters. The SMILES string of the molecule is C=CC(=O)Nc1ccc(CCC(=O)N(CCOC)Cc2ccc3c(c2)OCO3)cc1. The Hall–Kier alpha value is -3.32. The third-order valence-corrected chi connectivity index (χ3v) is 4.76. The maximum atomic E-state index is 12.9. The quantitative estimate of drug-likeness (QED) is 0.609. The molecule has 3 rings (SSSR count). The molecule has 0 bridgehead atoms. The molecule has 2 aromatic rings. The van der Waals surface area contributed by atoms with Crippen molar-refractivity contribution in [1.29, 1.82) is 0 Å². The number of hydrogen-bond donors (Lipinski definition) is 1. The van der Waals surface area contributed by atoms with E-state index in [0.29, 0.717) is 44.0 Å². The summed E-state index contributed by atoms with van der Waals surface area (Å²) in [7, 11) is 1.62.